The highest BCUT2D eigenvalue weighted by atomic mass is 79.9. The average molecular weight is 352 g/mol. The molecule has 2 aromatic carbocycles. The van der Waals surface area contributed by atoms with E-state index in [1.807, 2.05) is 6.07 Å². The predicted octanol–water partition coefficient (Wildman–Crippen LogP) is 4.30. The van der Waals surface area contributed by atoms with Crippen molar-refractivity contribution in [3.63, 3.8) is 0 Å². The van der Waals surface area contributed by atoms with Crippen molar-refractivity contribution in [2.24, 2.45) is 0 Å². The van der Waals surface area contributed by atoms with Gasteiger partial charge < -0.3 is 10.1 Å². The molecule has 0 aliphatic rings. The quantitative estimate of drug-likeness (QED) is 0.834. The number of benzene rings is 2. The van der Waals surface area contributed by atoms with Crippen LogP contribution >= 0.6 is 15.9 Å². The van der Waals surface area contributed by atoms with Crippen molar-refractivity contribution in [1.82, 2.24) is 0 Å². The molecule has 0 radical (unpaired) electrons. The topological polar surface area (TPSA) is 38.3 Å². The lowest BCUT2D eigenvalue weighted by atomic mass is 10.1. The van der Waals surface area contributed by atoms with Gasteiger partial charge in [-0.25, -0.2) is 9.18 Å². The van der Waals surface area contributed by atoms with Crippen LogP contribution in [-0.2, 0) is 11.3 Å². The first-order valence-electron chi connectivity index (χ1n) is 6.38. The highest BCUT2D eigenvalue weighted by Gasteiger charge is 2.08. The van der Waals surface area contributed by atoms with E-state index in [-0.39, 0.29) is 11.8 Å². The van der Waals surface area contributed by atoms with Gasteiger partial charge in [0.15, 0.2) is 0 Å². The van der Waals surface area contributed by atoms with Gasteiger partial charge in [-0.3, -0.25) is 0 Å². The van der Waals surface area contributed by atoms with Gasteiger partial charge in [-0.1, -0.05) is 22.0 Å². The van der Waals surface area contributed by atoms with Crippen LogP contribution < -0.4 is 5.32 Å². The fourth-order valence-electron chi connectivity index (χ4n) is 1.89. The van der Waals surface area contributed by atoms with Crippen LogP contribution in [0.2, 0.25) is 0 Å². The first-order valence-corrected chi connectivity index (χ1v) is 7.17. The molecule has 0 saturated carbocycles. The molecule has 5 heteroatoms. The Labute approximate surface area is 131 Å². The number of halogens is 2. The van der Waals surface area contributed by atoms with Crippen molar-refractivity contribution in [2.45, 2.75) is 13.5 Å². The molecule has 0 atom stereocenters. The number of methoxy groups -OCH3 is 1. The largest absolute Gasteiger partial charge is 0.465 e. The van der Waals surface area contributed by atoms with Crippen LogP contribution in [0.3, 0.4) is 0 Å². The molecule has 0 aromatic heterocycles. The van der Waals surface area contributed by atoms with Crippen LogP contribution in [0.25, 0.3) is 0 Å². The third-order valence-electron chi connectivity index (χ3n) is 3.12. The molecule has 0 unspecified atom stereocenters. The highest BCUT2D eigenvalue weighted by Crippen LogP contribution is 2.21. The summed E-state index contributed by atoms with van der Waals surface area (Å²) < 4.78 is 18.7. The fourth-order valence-corrected chi connectivity index (χ4v) is 2.41. The summed E-state index contributed by atoms with van der Waals surface area (Å²) in [6.45, 7) is 2.29. The van der Waals surface area contributed by atoms with Gasteiger partial charge in [0, 0.05) is 16.7 Å². The van der Waals surface area contributed by atoms with Crippen LogP contribution in [0.1, 0.15) is 21.5 Å². The van der Waals surface area contributed by atoms with Crippen molar-refractivity contribution in [3.05, 3.63) is 63.4 Å². The molecule has 3 nitrogen and oxygen atoms in total. The summed E-state index contributed by atoms with van der Waals surface area (Å²) in [5, 5.41) is 3.22. The second-order valence-electron chi connectivity index (χ2n) is 4.62. The van der Waals surface area contributed by atoms with Gasteiger partial charge in [-0.2, -0.15) is 0 Å². The number of rotatable bonds is 4. The Morgan fingerprint density at radius 1 is 1.29 bits per heavy atom. The van der Waals surface area contributed by atoms with E-state index in [9.17, 15) is 9.18 Å². The zero-order chi connectivity index (χ0) is 15.4. The Hall–Kier alpha value is -1.88. The first kappa shape index (κ1) is 15.5. The van der Waals surface area contributed by atoms with Gasteiger partial charge in [0.1, 0.15) is 5.82 Å². The van der Waals surface area contributed by atoms with Crippen LogP contribution in [0.5, 0.6) is 0 Å². The lowest BCUT2D eigenvalue weighted by Gasteiger charge is -2.10. The Balaban J connectivity index is 2.09. The molecular formula is C16H15BrFNO2. The second-order valence-corrected chi connectivity index (χ2v) is 5.47. The number of ether oxygens (including phenoxy) is 1. The van der Waals surface area contributed by atoms with Crippen molar-refractivity contribution in [3.8, 4) is 0 Å². The van der Waals surface area contributed by atoms with E-state index >= 15 is 0 Å². The molecule has 0 amide bonds. The number of esters is 1. The number of carbonyl (C=O) groups excluding carboxylic acids is 1. The van der Waals surface area contributed by atoms with E-state index in [1.54, 1.807) is 31.2 Å². The number of anilines is 1. The fraction of sp³-hybridized carbons (Fsp3) is 0.188. The number of aryl methyl sites for hydroxylation is 1. The molecule has 0 spiro atoms. The first-order chi connectivity index (χ1) is 10.0. The molecular weight excluding hydrogens is 337 g/mol. The molecule has 2 aromatic rings. The molecule has 0 bridgehead atoms. The van der Waals surface area contributed by atoms with E-state index < -0.39 is 0 Å². The van der Waals surface area contributed by atoms with E-state index in [0.717, 1.165) is 15.7 Å². The summed E-state index contributed by atoms with van der Waals surface area (Å²) >= 11 is 3.44. The summed E-state index contributed by atoms with van der Waals surface area (Å²) in [5.74, 6) is -0.589. The van der Waals surface area contributed by atoms with E-state index in [1.165, 1.54) is 13.2 Å². The van der Waals surface area contributed by atoms with Gasteiger partial charge in [0.2, 0.25) is 0 Å². The Morgan fingerprint density at radius 3 is 2.67 bits per heavy atom. The van der Waals surface area contributed by atoms with Crippen molar-refractivity contribution >= 4 is 27.6 Å². The predicted molar refractivity (Wildman–Crippen MR) is 83.9 cm³/mol. The molecule has 0 aliphatic heterocycles. The average Bonchev–Trinajstić information content (AvgIpc) is 2.48. The van der Waals surface area contributed by atoms with Gasteiger partial charge in [-0.15, -0.1) is 0 Å². The normalized spacial score (nSPS) is 10.3. The number of hydrogen-bond acceptors (Lipinski definition) is 3. The SMILES string of the molecule is COC(=O)c1ccc(CNc2ccc(F)c(C)c2)c(Br)c1. The highest BCUT2D eigenvalue weighted by molar-refractivity contribution is 9.10. The summed E-state index contributed by atoms with van der Waals surface area (Å²) in [5.41, 5.74) is 2.92. The van der Waals surface area contributed by atoms with E-state index in [4.69, 9.17) is 0 Å². The van der Waals surface area contributed by atoms with Crippen LogP contribution in [-0.4, -0.2) is 13.1 Å². The molecule has 2 rings (SSSR count). The zero-order valence-corrected chi connectivity index (χ0v) is 13.3. The van der Waals surface area contributed by atoms with Gasteiger partial charge in [0.25, 0.3) is 0 Å². The Morgan fingerprint density at radius 2 is 2.05 bits per heavy atom. The van der Waals surface area contributed by atoms with Gasteiger partial charge >= 0.3 is 5.97 Å². The zero-order valence-electron chi connectivity index (χ0n) is 11.7. The number of carbonyl (C=O) groups is 1. The number of hydrogen-bond donors (Lipinski definition) is 1. The standard InChI is InChI=1S/C16H15BrFNO2/c1-10-7-13(5-6-15(10)18)19-9-12-4-3-11(8-14(12)17)16(20)21-2/h3-8,19H,9H2,1-2H3. The van der Waals surface area contributed by atoms with Crippen molar-refractivity contribution < 1.29 is 13.9 Å². The molecule has 110 valence electrons. The van der Waals surface area contributed by atoms with Gasteiger partial charge in [0.05, 0.1) is 12.7 Å². The minimum absolute atomic E-state index is 0.218. The molecule has 21 heavy (non-hydrogen) atoms. The summed E-state index contributed by atoms with van der Waals surface area (Å²) in [7, 11) is 1.35. The Bertz CT molecular complexity index is 673. The van der Waals surface area contributed by atoms with Gasteiger partial charge in [-0.05, 0) is 48.4 Å². The van der Waals surface area contributed by atoms with Crippen molar-refractivity contribution in [2.75, 3.05) is 12.4 Å². The lowest BCUT2D eigenvalue weighted by molar-refractivity contribution is 0.0600. The molecule has 0 aliphatic carbocycles. The third kappa shape index (κ3) is 3.82. The smallest absolute Gasteiger partial charge is 0.337 e. The second kappa shape index (κ2) is 6.72. The number of nitrogens with one attached hydrogen (secondary N) is 1. The minimum Gasteiger partial charge on any atom is -0.465 e. The molecule has 1 N–H and O–H groups in total. The minimum atomic E-state index is -0.371. The molecule has 0 fully saturated rings. The van der Waals surface area contributed by atoms with E-state index in [2.05, 4.69) is 26.0 Å². The summed E-state index contributed by atoms with van der Waals surface area (Å²) in [4.78, 5) is 11.4. The van der Waals surface area contributed by atoms with Crippen LogP contribution in [0.15, 0.2) is 40.9 Å². The van der Waals surface area contributed by atoms with Crippen molar-refractivity contribution in [1.29, 1.82) is 0 Å². The molecule has 0 saturated heterocycles. The lowest BCUT2D eigenvalue weighted by Crippen LogP contribution is -2.04. The monoisotopic (exact) mass is 351 g/mol. The summed E-state index contributed by atoms with van der Waals surface area (Å²) in [6.07, 6.45) is 0. The molecule has 0 heterocycles. The maximum atomic E-state index is 13.2. The summed E-state index contributed by atoms with van der Waals surface area (Å²) in [6, 6.07) is 10.2. The van der Waals surface area contributed by atoms with E-state index in [0.29, 0.717) is 17.7 Å². The maximum Gasteiger partial charge on any atom is 0.337 e. The van der Waals surface area contributed by atoms with Crippen LogP contribution in [0.4, 0.5) is 10.1 Å². The maximum absolute atomic E-state index is 13.2. The third-order valence-corrected chi connectivity index (χ3v) is 3.85. The van der Waals surface area contributed by atoms with Crippen LogP contribution in [0, 0.1) is 12.7 Å². The Kier molecular flexibility index (Phi) is 4.96.